The van der Waals surface area contributed by atoms with Gasteiger partial charge >= 0.3 is 0 Å². The Kier molecular flexibility index (Phi) is 9.70. The molecule has 170 valence electrons. The van der Waals surface area contributed by atoms with E-state index in [4.69, 9.17) is 5.73 Å². The van der Waals surface area contributed by atoms with Crippen molar-refractivity contribution in [2.75, 3.05) is 13.1 Å². The first-order valence-electron chi connectivity index (χ1n) is 10.8. The molecule has 2 aromatic rings. The van der Waals surface area contributed by atoms with Crippen molar-refractivity contribution in [3.63, 3.8) is 0 Å². The normalized spacial score (nSPS) is 13.8. The Balaban J connectivity index is 0.000000387. The number of carbonyl (C=O) groups is 1. The zero-order valence-electron chi connectivity index (χ0n) is 18.4. The van der Waals surface area contributed by atoms with Crippen molar-refractivity contribution in [3.8, 4) is 11.1 Å². The molecule has 0 radical (unpaired) electrons. The first-order valence-corrected chi connectivity index (χ1v) is 10.8. The van der Waals surface area contributed by atoms with Crippen molar-refractivity contribution in [3.05, 3.63) is 89.2 Å². The molecule has 0 spiro atoms. The molecule has 1 aromatic carbocycles. The highest BCUT2D eigenvalue weighted by Crippen LogP contribution is 2.32. The van der Waals surface area contributed by atoms with Crippen LogP contribution >= 0.6 is 24.8 Å². The largest absolute Gasteiger partial charge is 0.339 e. The fourth-order valence-electron chi connectivity index (χ4n) is 4.15. The molecule has 2 N–H and O–H groups in total. The number of nitrogens with two attached hydrogens (primary N) is 1. The Morgan fingerprint density at radius 2 is 1.69 bits per heavy atom. The number of amides is 1. The number of aryl methyl sites for hydroxylation is 1. The molecule has 0 atom stereocenters. The highest BCUT2D eigenvalue weighted by atomic mass is 35.5. The van der Waals surface area contributed by atoms with Crippen LogP contribution < -0.4 is 5.73 Å². The van der Waals surface area contributed by atoms with E-state index in [2.05, 4.69) is 53.5 Å². The quantitative estimate of drug-likeness (QED) is 0.419. The molecule has 4 nitrogen and oxygen atoms in total. The lowest BCUT2D eigenvalue weighted by atomic mass is 9.88. The van der Waals surface area contributed by atoms with E-state index in [9.17, 15) is 4.79 Å². The lowest BCUT2D eigenvalue weighted by Crippen LogP contribution is -2.38. The SMILES string of the molecule is CCc1ncccc1C(=O)N1CCC(c2cccc(CN)c2)CC1.Cl.Cl.c1cc2cc-2c1. The van der Waals surface area contributed by atoms with Gasteiger partial charge in [-0.3, -0.25) is 9.78 Å². The van der Waals surface area contributed by atoms with Gasteiger partial charge in [0, 0.05) is 25.8 Å². The minimum Gasteiger partial charge on any atom is -0.339 e. The molecule has 1 aromatic heterocycles. The van der Waals surface area contributed by atoms with Gasteiger partial charge in [-0.25, -0.2) is 0 Å². The third kappa shape index (κ3) is 6.10. The second-order valence-electron chi connectivity index (χ2n) is 7.95. The van der Waals surface area contributed by atoms with Crippen LogP contribution in [-0.4, -0.2) is 28.9 Å². The number of likely N-dealkylation sites (tertiary alicyclic amines) is 1. The van der Waals surface area contributed by atoms with E-state index in [-0.39, 0.29) is 30.7 Å². The summed E-state index contributed by atoms with van der Waals surface area (Å²) in [6, 6.07) is 20.8. The van der Waals surface area contributed by atoms with E-state index in [1.165, 1.54) is 22.3 Å². The summed E-state index contributed by atoms with van der Waals surface area (Å²) in [5.41, 5.74) is 12.8. The number of nitrogens with zero attached hydrogens (tertiary/aromatic N) is 2. The average molecular weight is 472 g/mol. The van der Waals surface area contributed by atoms with Crippen LogP contribution in [0, 0.1) is 0 Å². The van der Waals surface area contributed by atoms with Crippen LogP contribution in [0.1, 0.15) is 52.9 Å². The van der Waals surface area contributed by atoms with Gasteiger partial charge in [0.05, 0.1) is 11.3 Å². The smallest absolute Gasteiger partial charge is 0.255 e. The summed E-state index contributed by atoms with van der Waals surface area (Å²) >= 11 is 0. The average Bonchev–Trinajstić information content (AvgIpc) is 3.43. The number of halogens is 2. The molecular weight excluding hydrogens is 441 g/mol. The predicted octanol–water partition coefficient (Wildman–Crippen LogP) is 5.63. The Labute approximate surface area is 203 Å². The first kappa shape index (κ1) is 25.9. The van der Waals surface area contributed by atoms with Crippen LogP contribution in [0.3, 0.4) is 0 Å². The Bertz CT molecular complexity index is 1020. The third-order valence-corrected chi connectivity index (χ3v) is 6.01. The van der Waals surface area contributed by atoms with E-state index in [1.54, 1.807) is 6.20 Å². The summed E-state index contributed by atoms with van der Waals surface area (Å²) in [7, 11) is 0. The molecule has 5 rings (SSSR count). The van der Waals surface area contributed by atoms with Crippen LogP contribution in [0.25, 0.3) is 11.1 Å². The van der Waals surface area contributed by atoms with Gasteiger partial charge in [0.25, 0.3) is 5.91 Å². The highest BCUT2D eigenvalue weighted by molar-refractivity contribution is 5.95. The van der Waals surface area contributed by atoms with Gasteiger partial charge in [0.1, 0.15) is 0 Å². The van der Waals surface area contributed by atoms with Crippen molar-refractivity contribution in [2.45, 2.75) is 38.6 Å². The van der Waals surface area contributed by atoms with Gasteiger partial charge in [0.2, 0.25) is 0 Å². The number of fused-ring (bicyclic) bond motifs is 1. The van der Waals surface area contributed by atoms with Crippen molar-refractivity contribution in [1.82, 2.24) is 9.88 Å². The number of rotatable bonds is 4. The summed E-state index contributed by atoms with van der Waals surface area (Å²) in [5.74, 6) is 0.634. The zero-order valence-corrected chi connectivity index (χ0v) is 20.0. The maximum atomic E-state index is 12.8. The lowest BCUT2D eigenvalue weighted by molar-refractivity contribution is 0.0711. The Hall–Kier alpha value is -2.40. The summed E-state index contributed by atoms with van der Waals surface area (Å²) in [4.78, 5) is 19.1. The van der Waals surface area contributed by atoms with Gasteiger partial charge in [-0.2, -0.15) is 0 Å². The predicted molar refractivity (Wildman–Crippen MR) is 136 cm³/mol. The number of hydrogen-bond acceptors (Lipinski definition) is 3. The van der Waals surface area contributed by atoms with Crippen LogP contribution in [0.2, 0.25) is 0 Å². The summed E-state index contributed by atoms with van der Waals surface area (Å²) in [5, 5.41) is 0. The molecule has 1 aliphatic heterocycles. The van der Waals surface area contributed by atoms with E-state index >= 15 is 0 Å². The molecule has 0 bridgehead atoms. The number of aromatic nitrogens is 1. The first-order chi connectivity index (χ1) is 14.7. The van der Waals surface area contributed by atoms with Gasteiger partial charge in [-0.1, -0.05) is 49.4 Å². The van der Waals surface area contributed by atoms with Crippen LogP contribution in [0.4, 0.5) is 0 Å². The number of benzene rings is 2. The molecule has 1 saturated heterocycles. The third-order valence-electron chi connectivity index (χ3n) is 6.01. The fraction of sp³-hybridized carbons (Fsp3) is 0.308. The molecule has 1 fully saturated rings. The van der Waals surface area contributed by atoms with Crippen molar-refractivity contribution in [1.29, 1.82) is 0 Å². The summed E-state index contributed by atoms with van der Waals surface area (Å²) < 4.78 is 0. The van der Waals surface area contributed by atoms with E-state index in [0.717, 1.165) is 43.6 Å². The molecule has 1 amide bonds. The number of piperidine rings is 1. The van der Waals surface area contributed by atoms with Gasteiger partial charge < -0.3 is 10.6 Å². The maximum Gasteiger partial charge on any atom is 0.255 e. The van der Waals surface area contributed by atoms with Crippen LogP contribution in [-0.2, 0) is 13.0 Å². The molecule has 3 aliphatic rings. The van der Waals surface area contributed by atoms with Crippen molar-refractivity contribution >= 4 is 30.7 Å². The molecule has 2 aliphatic carbocycles. The number of carbonyl (C=O) groups excluding carboxylic acids is 1. The topological polar surface area (TPSA) is 59.2 Å². The Morgan fingerprint density at radius 3 is 2.25 bits per heavy atom. The maximum absolute atomic E-state index is 12.8. The number of pyridine rings is 1. The van der Waals surface area contributed by atoms with Crippen LogP contribution in [0.5, 0.6) is 0 Å². The Morgan fingerprint density at radius 1 is 1.00 bits per heavy atom. The minimum absolute atomic E-state index is 0. The molecule has 0 saturated carbocycles. The van der Waals surface area contributed by atoms with E-state index < -0.39 is 0 Å². The summed E-state index contributed by atoms with van der Waals surface area (Å²) in [6.45, 7) is 4.21. The lowest BCUT2D eigenvalue weighted by Gasteiger charge is -2.32. The molecule has 0 unspecified atom stereocenters. The van der Waals surface area contributed by atoms with Gasteiger partial charge in [-0.05, 0) is 65.6 Å². The monoisotopic (exact) mass is 471 g/mol. The second-order valence-corrected chi connectivity index (χ2v) is 7.95. The highest BCUT2D eigenvalue weighted by Gasteiger charge is 2.25. The zero-order chi connectivity index (χ0) is 20.9. The minimum atomic E-state index is 0. The summed E-state index contributed by atoms with van der Waals surface area (Å²) in [6.07, 6.45) is 4.54. The van der Waals surface area contributed by atoms with Gasteiger partial charge in [0.15, 0.2) is 0 Å². The molecule has 32 heavy (non-hydrogen) atoms. The van der Waals surface area contributed by atoms with Gasteiger partial charge in [-0.15, -0.1) is 24.8 Å². The van der Waals surface area contributed by atoms with E-state index in [1.807, 2.05) is 24.0 Å². The van der Waals surface area contributed by atoms with Crippen molar-refractivity contribution < 1.29 is 4.79 Å². The van der Waals surface area contributed by atoms with Crippen molar-refractivity contribution in [2.24, 2.45) is 5.73 Å². The fourth-order valence-corrected chi connectivity index (χ4v) is 4.15. The standard InChI is InChI=1S/C20H25N3O.C6H4.2ClH/c1-2-19-18(7-4-10-22-19)20(24)23-11-8-16(9-12-23)17-6-3-5-15(13-17)14-21;1-2-5-4-6(5)3-1;;/h3-7,10,13,16H,2,8-9,11-12,14,21H2,1H3;1-4H;2*1H. The number of hydrogen-bond donors (Lipinski definition) is 1. The molecular formula is C26H31Cl2N3O. The molecule has 2 heterocycles. The van der Waals surface area contributed by atoms with Crippen LogP contribution in [0.15, 0.2) is 66.9 Å². The van der Waals surface area contributed by atoms with E-state index in [0.29, 0.717) is 12.5 Å². The molecule has 6 heteroatoms. The second kappa shape index (κ2) is 12.0.